The smallest absolute Gasteiger partial charge is 0.315 e. The van der Waals surface area contributed by atoms with Crippen LogP contribution in [0.1, 0.15) is 80.6 Å². The zero-order chi connectivity index (χ0) is 36.8. The molecule has 2 aromatic rings. The lowest BCUT2D eigenvalue weighted by molar-refractivity contribution is -0.142. The van der Waals surface area contributed by atoms with Gasteiger partial charge in [-0.1, -0.05) is 34.6 Å². The molecule has 0 spiro atoms. The summed E-state index contributed by atoms with van der Waals surface area (Å²) in [5.41, 5.74) is -2.72. The summed E-state index contributed by atoms with van der Waals surface area (Å²) < 4.78 is 39.1. The van der Waals surface area contributed by atoms with Crippen molar-refractivity contribution in [3.05, 3.63) is 30.5 Å². The summed E-state index contributed by atoms with van der Waals surface area (Å²) in [6.45, 7) is 12.9. The first-order valence-electron chi connectivity index (χ1n) is 17.2. The van der Waals surface area contributed by atoms with Gasteiger partial charge in [-0.15, -0.1) is 0 Å². The Bertz CT molecular complexity index is 1770. The molecule has 1 aromatic heterocycles. The van der Waals surface area contributed by atoms with Gasteiger partial charge in [-0.05, 0) is 80.5 Å². The van der Waals surface area contributed by atoms with Gasteiger partial charge in [0.15, 0.2) is 0 Å². The fourth-order valence-electron chi connectivity index (χ4n) is 6.22. The number of fused-ring (bicyclic) bond motifs is 1. The van der Waals surface area contributed by atoms with Gasteiger partial charge in [-0.2, -0.15) is 0 Å². The molecular weight excluding hydrogens is 664 g/mol. The SMILES string of the molecule is CCC(C)(C)NC(=O)N[C@H](C(=O)N1C[C@H](Oc2nccc3cc(OC)ccc23)C[C@H]1C(=O)NC1(C(=O)NS(=O)(=O)C2CC2)C[C@H]1C)C(C)(C)C. The molecule has 1 saturated heterocycles. The van der Waals surface area contributed by atoms with E-state index in [1.807, 2.05) is 59.7 Å². The van der Waals surface area contributed by atoms with Crippen LogP contribution in [0.5, 0.6) is 11.6 Å². The standard InChI is InChI=1S/C35H50N6O8S/c1-9-34(6,7)39-32(45)37-27(33(3,4)5)30(43)41-19-23(49-29-25-13-10-22(48-8)16-21(25)14-15-36-29)17-26(41)28(42)38-35(18-20(35)2)31(44)40-50(46,47)24-11-12-24/h10,13-16,20,23-24,26-27H,9,11-12,17-19H2,1-8H3,(H,38,42)(H,40,44)(H2,37,39,45)/t20-,23-,26+,27-,35?/m1/s1. The molecule has 50 heavy (non-hydrogen) atoms. The molecule has 14 nitrogen and oxygen atoms in total. The van der Waals surface area contributed by atoms with Gasteiger partial charge in [-0.3, -0.25) is 19.1 Å². The van der Waals surface area contributed by atoms with Gasteiger partial charge in [0, 0.05) is 23.5 Å². The molecule has 2 saturated carbocycles. The first-order chi connectivity index (χ1) is 23.3. The van der Waals surface area contributed by atoms with Gasteiger partial charge in [0.2, 0.25) is 27.7 Å². The number of rotatable bonds is 12. The molecule has 1 unspecified atom stereocenters. The first-order valence-corrected chi connectivity index (χ1v) is 18.7. The van der Waals surface area contributed by atoms with Crippen molar-refractivity contribution in [3.63, 3.8) is 0 Å². The van der Waals surface area contributed by atoms with Crippen LogP contribution in [0.2, 0.25) is 0 Å². The minimum absolute atomic E-state index is 0.00766. The number of sulfonamides is 1. The van der Waals surface area contributed by atoms with E-state index in [1.165, 1.54) is 4.90 Å². The predicted molar refractivity (Wildman–Crippen MR) is 187 cm³/mol. The molecule has 2 aliphatic carbocycles. The second kappa shape index (κ2) is 13.5. The highest BCUT2D eigenvalue weighted by Crippen LogP contribution is 2.44. The van der Waals surface area contributed by atoms with E-state index in [1.54, 1.807) is 26.3 Å². The molecule has 5 atom stereocenters. The highest BCUT2D eigenvalue weighted by atomic mass is 32.2. The maximum absolute atomic E-state index is 14.5. The predicted octanol–water partition coefficient (Wildman–Crippen LogP) is 3.00. The number of pyridine rings is 1. The Labute approximate surface area is 293 Å². The summed E-state index contributed by atoms with van der Waals surface area (Å²) in [6.07, 6.45) is 2.84. The van der Waals surface area contributed by atoms with Crippen molar-refractivity contribution < 1.29 is 37.1 Å². The number of hydrogen-bond donors (Lipinski definition) is 4. The Hall–Kier alpha value is -4.14. The second-order valence-corrected chi connectivity index (χ2v) is 17.5. The molecule has 0 bridgehead atoms. The lowest BCUT2D eigenvalue weighted by atomic mass is 9.85. The summed E-state index contributed by atoms with van der Waals surface area (Å²) in [5.74, 6) is -1.26. The number of urea groups is 1. The number of benzene rings is 1. The van der Waals surface area contributed by atoms with Gasteiger partial charge < -0.3 is 30.3 Å². The third-order valence-electron chi connectivity index (χ3n) is 10.0. The van der Waals surface area contributed by atoms with Crippen LogP contribution in [0.15, 0.2) is 30.5 Å². The van der Waals surface area contributed by atoms with Crippen molar-refractivity contribution in [1.29, 1.82) is 0 Å². The molecule has 3 fully saturated rings. The molecule has 4 N–H and O–H groups in total. The number of nitrogens with one attached hydrogen (secondary N) is 4. The number of hydrogen-bond acceptors (Lipinski definition) is 9. The number of nitrogens with zero attached hydrogens (tertiary/aromatic N) is 2. The number of likely N-dealkylation sites (tertiary alicyclic amines) is 1. The molecule has 1 aromatic carbocycles. The monoisotopic (exact) mass is 714 g/mol. The van der Waals surface area contributed by atoms with Crippen molar-refractivity contribution >= 4 is 44.5 Å². The Morgan fingerprint density at radius 1 is 1.10 bits per heavy atom. The van der Waals surface area contributed by atoms with E-state index in [-0.39, 0.29) is 25.3 Å². The van der Waals surface area contributed by atoms with Crippen LogP contribution in [-0.2, 0) is 24.4 Å². The van der Waals surface area contributed by atoms with E-state index in [0.717, 1.165) is 5.39 Å². The molecule has 3 aliphatic rings. The van der Waals surface area contributed by atoms with Crippen molar-refractivity contribution in [2.75, 3.05) is 13.7 Å². The fraction of sp³-hybridized carbons (Fsp3) is 0.629. The van der Waals surface area contributed by atoms with Gasteiger partial charge in [0.25, 0.3) is 5.91 Å². The number of methoxy groups -OCH3 is 1. The van der Waals surface area contributed by atoms with Crippen LogP contribution < -0.4 is 30.1 Å². The normalized spacial score (nSPS) is 24.2. The Morgan fingerprint density at radius 3 is 2.36 bits per heavy atom. The quantitative estimate of drug-likeness (QED) is 0.257. The second-order valence-electron chi connectivity index (χ2n) is 15.6. The maximum Gasteiger partial charge on any atom is 0.315 e. The van der Waals surface area contributed by atoms with Crippen LogP contribution in [0.4, 0.5) is 4.79 Å². The highest BCUT2D eigenvalue weighted by molar-refractivity contribution is 7.91. The van der Waals surface area contributed by atoms with E-state index in [9.17, 15) is 27.6 Å². The Balaban J connectivity index is 1.43. The Kier molecular flexibility index (Phi) is 10.0. The topological polar surface area (TPSA) is 185 Å². The van der Waals surface area contributed by atoms with E-state index in [4.69, 9.17) is 9.47 Å². The molecular formula is C35H50N6O8S. The van der Waals surface area contributed by atoms with E-state index in [0.29, 0.717) is 36.3 Å². The van der Waals surface area contributed by atoms with Crippen LogP contribution in [0.3, 0.4) is 0 Å². The first kappa shape index (κ1) is 37.1. The zero-order valence-electron chi connectivity index (χ0n) is 30.1. The van der Waals surface area contributed by atoms with Crippen molar-refractivity contribution in [1.82, 2.24) is 30.6 Å². The molecule has 0 radical (unpaired) electrons. The minimum Gasteiger partial charge on any atom is -0.497 e. The third-order valence-corrected chi connectivity index (χ3v) is 11.9. The molecule has 5 rings (SSSR count). The number of amides is 5. The average molecular weight is 715 g/mol. The number of carbonyl (C=O) groups excluding carboxylic acids is 4. The summed E-state index contributed by atoms with van der Waals surface area (Å²) in [5, 5.41) is 9.49. The molecule has 2 heterocycles. The molecule has 15 heteroatoms. The largest absolute Gasteiger partial charge is 0.497 e. The van der Waals surface area contributed by atoms with Crippen LogP contribution >= 0.6 is 0 Å². The lowest BCUT2D eigenvalue weighted by Crippen LogP contribution is -2.61. The number of aromatic nitrogens is 1. The van der Waals surface area contributed by atoms with E-state index in [2.05, 4.69) is 25.7 Å². The fourth-order valence-corrected chi connectivity index (χ4v) is 7.58. The highest BCUT2D eigenvalue weighted by Gasteiger charge is 2.61. The van der Waals surface area contributed by atoms with E-state index < -0.39 is 73.7 Å². The maximum atomic E-state index is 14.5. The van der Waals surface area contributed by atoms with Crippen molar-refractivity contribution in [2.24, 2.45) is 11.3 Å². The lowest BCUT2D eigenvalue weighted by Gasteiger charge is -2.36. The minimum atomic E-state index is -3.85. The summed E-state index contributed by atoms with van der Waals surface area (Å²) in [7, 11) is -2.27. The molecule has 5 amide bonds. The summed E-state index contributed by atoms with van der Waals surface area (Å²) >= 11 is 0. The van der Waals surface area contributed by atoms with E-state index >= 15 is 0 Å². The molecule has 1 aliphatic heterocycles. The van der Waals surface area contributed by atoms with Crippen molar-refractivity contribution in [2.45, 2.75) is 115 Å². The summed E-state index contributed by atoms with van der Waals surface area (Å²) in [4.78, 5) is 60.9. The van der Waals surface area contributed by atoms with Crippen molar-refractivity contribution in [3.8, 4) is 11.6 Å². The number of carbonyl (C=O) groups is 4. The van der Waals surface area contributed by atoms with Crippen LogP contribution in [0, 0.1) is 11.3 Å². The van der Waals surface area contributed by atoms with Gasteiger partial charge in [-0.25, -0.2) is 18.2 Å². The van der Waals surface area contributed by atoms with Gasteiger partial charge >= 0.3 is 6.03 Å². The van der Waals surface area contributed by atoms with Gasteiger partial charge in [0.1, 0.15) is 29.5 Å². The van der Waals surface area contributed by atoms with Crippen LogP contribution in [0.25, 0.3) is 10.8 Å². The summed E-state index contributed by atoms with van der Waals surface area (Å²) in [6, 6.07) is 4.62. The third kappa shape index (κ3) is 7.92. The number of ether oxygens (including phenoxy) is 2. The van der Waals surface area contributed by atoms with Crippen LogP contribution in [-0.4, -0.2) is 90.2 Å². The molecule has 274 valence electrons. The zero-order valence-corrected chi connectivity index (χ0v) is 30.9. The average Bonchev–Trinajstić information content (AvgIpc) is 3.96. The Morgan fingerprint density at radius 2 is 1.78 bits per heavy atom. The van der Waals surface area contributed by atoms with Gasteiger partial charge in [0.05, 0.1) is 18.9 Å².